The molecular formula is C15H19NO4. The topological polar surface area (TPSA) is 75.6 Å². The minimum Gasteiger partial charge on any atom is -0.467 e. The summed E-state index contributed by atoms with van der Waals surface area (Å²) >= 11 is 0. The van der Waals surface area contributed by atoms with Crippen LogP contribution in [-0.4, -0.2) is 17.1 Å². The Morgan fingerprint density at radius 2 is 2.20 bits per heavy atom. The number of carbonyl (C=O) groups is 1. The van der Waals surface area contributed by atoms with Crippen LogP contribution in [0.25, 0.3) is 0 Å². The Morgan fingerprint density at radius 1 is 1.45 bits per heavy atom. The predicted molar refractivity (Wildman–Crippen MR) is 73.4 cm³/mol. The van der Waals surface area contributed by atoms with Crippen molar-refractivity contribution in [2.45, 2.75) is 39.3 Å². The van der Waals surface area contributed by atoms with Gasteiger partial charge in [0.1, 0.15) is 17.6 Å². The number of carbonyl (C=O) groups excluding carboxylic acids is 1. The van der Waals surface area contributed by atoms with Crippen molar-refractivity contribution in [3.05, 3.63) is 47.3 Å². The molecule has 0 spiro atoms. The molecule has 0 saturated heterocycles. The van der Waals surface area contributed by atoms with Crippen molar-refractivity contribution < 1.29 is 18.7 Å². The molecule has 2 heterocycles. The Labute approximate surface area is 117 Å². The Hall–Kier alpha value is -2.01. The molecule has 0 fully saturated rings. The number of aliphatic hydroxyl groups excluding tert-OH is 1. The molecule has 20 heavy (non-hydrogen) atoms. The van der Waals surface area contributed by atoms with E-state index in [2.05, 4.69) is 5.32 Å². The lowest BCUT2D eigenvalue weighted by Crippen LogP contribution is -2.33. The first-order valence-electron chi connectivity index (χ1n) is 6.56. The predicted octanol–water partition coefficient (Wildman–Crippen LogP) is 2.73. The van der Waals surface area contributed by atoms with Crippen LogP contribution in [0.1, 0.15) is 47.1 Å². The number of aliphatic hydroxyl groups is 1. The van der Waals surface area contributed by atoms with Crippen LogP contribution in [0, 0.1) is 13.8 Å². The fourth-order valence-corrected chi connectivity index (χ4v) is 1.97. The molecule has 2 N–H and O–H groups in total. The summed E-state index contributed by atoms with van der Waals surface area (Å²) in [5, 5.41) is 12.7. The summed E-state index contributed by atoms with van der Waals surface area (Å²) < 4.78 is 10.5. The van der Waals surface area contributed by atoms with Gasteiger partial charge in [0.05, 0.1) is 6.26 Å². The van der Waals surface area contributed by atoms with Gasteiger partial charge in [0, 0.05) is 12.5 Å². The number of furan rings is 2. The van der Waals surface area contributed by atoms with E-state index in [9.17, 15) is 9.90 Å². The van der Waals surface area contributed by atoms with Gasteiger partial charge in [-0.15, -0.1) is 0 Å². The standard InChI is InChI=1S/C15H19NO4/c1-9-7-14(20-11(9)3)15(18)16-10(2)8-12(17)13-5-4-6-19-13/h4-7,10,12,17H,8H2,1-3H3,(H,16,18). The number of aryl methyl sites for hydroxylation is 2. The Balaban J connectivity index is 1.91. The first kappa shape index (κ1) is 14.4. The molecule has 2 aromatic heterocycles. The molecule has 5 nitrogen and oxygen atoms in total. The van der Waals surface area contributed by atoms with Gasteiger partial charge in [-0.1, -0.05) is 0 Å². The van der Waals surface area contributed by atoms with Crippen molar-refractivity contribution in [2.75, 3.05) is 0 Å². The van der Waals surface area contributed by atoms with Crippen LogP contribution in [-0.2, 0) is 0 Å². The second-order valence-electron chi connectivity index (χ2n) is 4.99. The number of hydrogen-bond donors (Lipinski definition) is 2. The smallest absolute Gasteiger partial charge is 0.287 e. The van der Waals surface area contributed by atoms with Gasteiger partial charge in [-0.3, -0.25) is 4.79 Å². The van der Waals surface area contributed by atoms with Crippen molar-refractivity contribution in [2.24, 2.45) is 0 Å². The maximum absolute atomic E-state index is 12.0. The van der Waals surface area contributed by atoms with E-state index in [1.54, 1.807) is 18.2 Å². The summed E-state index contributed by atoms with van der Waals surface area (Å²) in [6.45, 7) is 5.53. The molecule has 1 amide bonds. The monoisotopic (exact) mass is 277 g/mol. The molecule has 2 unspecified atom stereocenters. The molecule has 108 valence electrons. The second-order valence-corrected chi connectivity index (χ2v) is 4.99. The summed E-state index contributed by atoms with van der Waals surface area (Å²) in [7, 11) is 0. The number of nitrogens with one attached hydrogen (secondary N) is 1. The molecule has 2 aromatic rings. The lowest BCUT2D eigenvalue weighted by molar-refractivity contribution is 0.0875. The normalized spacial score (nSPS) is 14.0. The van der Waals surface area contributed by atoms with E-state index in [4.69, 9.17) is 8.83 Å². The molecule has 5 heteroatoms. The van der Waals surface area contributed by atoms with Gasteiger partial charge < -0.3 is 19.3 Å². The summed E-state index contributed by atoms with van der Waals surface area (Å²) in [4.78, 5) is 12.0. The molecule has 0 aliphatic carbocycles. The fourth-order valence-electron chi connectivity index (χ4n) is 1.97. The first-order valence-corrected chi connectivity index (χ1v) is 6.56. The molecule has 2 rings (SSSR count). The van der Waals surface area contributed by atoms with Crippen LogP contribution in [0.3, 0.4) is 0 Å². The van der Waals surface area contributed by atoms with Crippen molar-refractivity contribution in [1.29, 1.82) is 0 Å². The van der Waals surface area contributed by atoms with Gasteiger partial charge in [0.15, 0.2) is 5.76 Å². The van der Waals surface area contributed by atoms with Gasteiger partial charge in [-0.05, 0) is 44.5 Å². The van der Waals surface area contributed by atoms with Crippen molar-refractivity contribution in [1.82, 2.24) is 5.32 Å². The SMILES string of the molecule is Cc1cc(C(=O)NC(C)CC(O)c2ccco2)oc1C. The van der Waals surface area contributed by atoms with E-state index in [0.717, 1.165) is 11.3 Å². The van der Waals surface area contributed by atoms with E-state index in [-0.39, 0.29) is 11.9 Å². The van der Waals surface area contributed by atoms with Gasteiger partial charge >= 0.3 is 0 Å². The zero-order chi connectivity index (χ0) is 14.7. The van der Waals surface area contributed by atoms with E-state index >= 15 is 0 Å². The third-order valence-corrected chi connectivity index (χ3v) is 3.22. The lowest BCUT2D eigenvalue weighted by Gasteiger charge is -2.15. The minimum absolute atomic E-state index is 0.201. The maximum atomic E-state index is 12.0. The molecule has 0 saturated carbocycles. The highest BCUT2D eigenvalue weighted by molar-refractivity contribution is 5.91. The Kier molecular flexibility index (Phi) is 4.29. The summed E-state index contributed by atoms with van der Waals surface area (Å²) in [6, 6.07) is 4.93. The van der Waals surface area contributed by atoms with Crippen LogP contribution in [0.2, 0.25) is 0 Å². The zero-order valence-corrected chi connectivity index (χ0v) is 11.8. The van der Waals surface area contributed by atoms with Crippen molar-refractivity contribution >= 4 is 5.91 Å². The van der Waals surface area contributed by atoms with E-state index in [0.29, 0.717) is 17.9 Å². The lowest BCUT2D eigenvalue weighted by atomic mass is 10.1. The highest BCUT2D eigenvalue weighted by Gasteiger charge is 2.19. The van der Waals surface area contributed by atoms with Crippen molar-refractivity contribution in [3.8, 4) is 0 Å². The van der Waals surface area contributed by atoms with E-state index in [1.807, 2.05) is 20.8 Å². The van der Waals surface area contributed by atoms with Gasteiger partial charge in [-0.25, -0.2) is 0 Å². The third kappa shape index (κ3) is 3.30. The number of rotatable bonds is 5. The highest BCUT2D eigenvalue weighted by Crippen LogP contribution is 2.19. The van der Waals surface area contributed by atoms with Crippen LogP contribution >= 0.6 is 0 Å². The van der Waals surface area contributed by atoms with Crippen LogP contribution in [0.15, 0.2) is 33.3 Å². The van der Waals surface area contributed by atoms with Crippen LogP contribution in [0.5, 0.6) is 0 Å². The second kappa shape index (κ2) is 5.96. The molecule has 0 aromatic carbocycles. The van der Waals surface area contributed by atoms with E-state index in [1.165, 1.54) is 6.26 Å². The summed E-state index contributed by atoms with van der Waals surface area (Å²) in [5.41, 5.74) is 0.943. The van der Waals surface area contributed by atoms with Gasteiger partial charge in [0.2, 0.25) is 0 Å². The molecule has 0 radical (unpaired) electrons. The Bertz CT molecular complexity index is 551. The quantitative estimate of drug-likeness (QED) is 0.881. The Morgan fingerprint density at radius 3 is 2.75 bits per heavy atom. The fraction of sp³-hybridized carbons (Fsp3) is 0.400. The maximum Gasteiger partial charge on any atom is 0.287 e. The highest BCUT2D eigenvalue weighted by atomic mass is 16.4. The van der Waals surface area contributed by atoms with Crippen molar-refractivity contribution in [3.63, 3.8) is 0 Å². The average Bonchev–Trinajstić information content (AvgIpc) is 3.00. The first-order chi connectivity index (χ1) is 9.47. The zero-order valence-electron chi connectivity index (χ0n) is 11.8. The average molecular weight is 277 g/mol. The number of hydrogen-bond acceptors (Lipinski definition) is 4. The van der Waals surface area contributed by atoms with Crippen LogP contribution < -0.4 is 5.32 Å². The van der Waals surface area contributed by atoms with Gasteiger partial charge in [-0.2, -0.15) is 0 Å². The number of amides is 1. The molecule has 2 atom stereocenters. The van der Waals surface area contributed by atoms with E-state index < -0.39 is 6.10 Å². The molecule has 0 bridgehead atoms. The molecule has 0 aliphatic heterocycles. The van der Waals surface area contributed by atoms with Crippen LogP contribution in [0.4, 0.5) is 0 Å². The summed E-state index contributed by atoms with van der Waals surface area (Å²) in [6.07, 6.45) is 1.15. The van der Waals surface area contributed by atoms with Gasteiger partial charge in [0.25, 0.3) is 5.91 Å². The molecule has 0 aliphatic rings. The minimum atomic E-state index is -0.736. The molecular weight excluding hydrogens is 258 g/mol. The largest absolute Gasteiger partial charge is 0.467 e. The summed E-state index contributed by atoms with van der Waals surface area (Å²) in [5.74, 6) is 1.24. The third-order valence-electron chi connectivity index (χ3n) is 3.22.